The third-order valence-corrected chi connectivity index (χ3v) is 4.52. The lowest BCUT2D eigenvalue weighted by molar-refractivity contribution is 0.142. The number of rotatable bonds is 5. The average Bonchev–Trinajstić information content (AvgIpc) is 3.24. The van der Waals surface area contributed by atoms with Gasteiger partial charge in [0.1, 0.15) is 17.2 Å². The summed E-state index contributed by atoms with van der Waals surface area (Å²) in [7, 11) is 0. The number of ether oxygens (including phenoxy) is 3. The lowest BCUT2D eigenvalue weighted by Gasteiger charge is -2.22. The number of hydrogen-bond acceptors (Lipinski definition) is 6. The van der Waals surface area contributed by atoms with Crippen LogP contribution >= 0.6 is 0 Å². The number of benzene rings is 1. The number of nitrogens with zero attached hydrogens (tertiary/aromatic N) is 1. The zero-order valence-corrected chi connectivity index (χ0v) is 13.1. The Hall–Kier alpha value is -1.79. The first-order chi connectivity index (χ1) is 11.4. The molecule has 0 spiro atoms. The zero-order valence-electron chi connectivity index (χ0n) is 13.1. The van der Waals surface area contributed by atoms with Gasteiger partial charge in [-0.05, 0) is 49.1 Å². The fourth-order valence-corrected chi connectivity index (χ4v) is 3.16. The maximum Gasteiger partial charge on any atom is 0.265 e. The molecule has 4 rings (SSSR count). The van der Waals surface area contributed by atoms with Gasteiger partial charge in [0.05, 0.1) is 19.8 Å². The van der Waals surface area contributed by atoms with E-state index in [1.54, 1.807) is 0 Å². The SMILES string of the molecule is c1cc(OC2CCOC2)c2c(OCC3CCNCC3)noc2c1. The maximum absolute atomic E-state index is 6.06. The molecule has 0 aliphatic carbocycles. The van der Waals surface area contributed by atoms with Gasteiger partial charge in [0.2, 0.25) is 0 Å². The van der Waals surface area contributed by atoms with Crippen molar-refractivity contribution in [3.63, 3.8) is 0 Å². The molecule has 0 bridgehead atoms. The van der Waals surface area contributed by atoms with E-state index in [-0.39, 0.29) is 6.10 Å². The second-order valence-electron chi connectivity index (χ2n) is 6.22. The molecule has 1 aromatic carbocycles. The van der Waals surface area contributed by atoms with Crippen molar-refractivity contribution in [2.24, 2.45) is 5.92 Å². The molecule has 6 nitrogen and oxygen atoms in total. The number of piperidine rings is 1. The molecule has 1 aromatic heterocycles. The van der Waals surface area contributed by atoms with Gasteiger partial charge in [-0.3, -0.25) is 0 Å². The lowest BCUT2D eigenvalue weighted by atomic mass is 9.99. The van der Waals surface area contributed by atoms with Gasteiger partial charge in [-0.1, -0.05) is 6.07 Å². The molecule has 3 heterocycles. The quantitative estimate of drug-likeness (QED) is 0.913. The van der Waals surface area contributed by atoms with Gasteiger partial charge in [-0.2, -0.15) is 0 Å². The van der Waals surface area contributed by atoms with Gasteiger partial charge in [-0.25, -0.2) is 0 Å². The fourth-order valence-electron chi connectivity index (χ4n) is 3.16. The molecule has 0 radical (unpaired) electrons. The molecule has 1 N–H and O–H groups in total. The Labute approximate surface area is 135 Å². The van der Waals surface area contributed by atoms with E-state index in [0.29, 0.717) is 30.6 Å². The summed E-state index contributed by atoms with van der Waals surface area (Å²) in [5, 5.41) is 8.28. The van der Waals surface area contributed by atoms with Crippen LogP contribution in [0.15, 0.2) is 22.7 Å². The van der Waals surface area contributed by atoms with Crippen molar-refractivity contribution in [1.82, 2.24) is 10.5 Å². The lowest BCUT2D eigenvalue weighted by Crippen LogP contribution is -2.30. The molecule has 2 aliphatic heterocycles. The second-order valence-corrected chi connectivity index (χ2v) is 6.22. The Bertz CT molecular complexity index is 645. The van der Waals surface area contributed by atoms with E-state index >= 15 is 0 Å². The summed E-state index contributed by atoms with van der Waals surface area (Å²) in [5.74, 6) is 1.87. The van der Waals surface area contributed by atoms with E-state index in [2.05, 4.69) is 10.5 Å². The van der Waals surface area contributed by atoms with Crippen LogP contribution in [0.1, 0.15) is 19.3 Å². The third kappa shape index (κ3) is 3.28. The van der Waals surface area contributed by atoms with Crippen LogP contribution in [0.2, 0.25) is 0 Å². The molecule has 6 heteroatoms. The molecule has 23 heavy (non-hydrogen) atoms. The summed E-state index contributed by atoms with van der Waals surface area (Å²) in [6, 6.07) is 5.74. The molecule has 2 saturated heterocycles. The zero-order chi connectivity index (χ0) is 15.5. The Kier molecular flexibility index (Phi) is 4.35. The topological polar surface area (TPSA) is 65.8 Å². The van der Waals surface area contributed by atoms with Crippen molar-refractivity contribution < 1.29 is 18.7 Å². The van der Waals surface area contributed by atoms with Crippen molar-refractivity contribution >= 4 is 11.0 Å². The highest BCUT2D eigenvalue weighted by atomic mass is 16.6. The molecule has 2 fully saturated rings. The van der Waals surface area contributed by atoms with Crippen LogP contribution < -0.4 is 14.8 Å². The first kappa shape index (κ1) is 14.8. The number of aromatic nitrogens is 1. The number of hydrogen-bond donors (Lipinski definition) is 1. The minimum Gasteiger partial charge on any atom is -0.487 e. The average molecular weight is 318 g/mol. The van der Waals surface area contributed by atoms with Gasteiger partial charge in [0, 0.05) is 6.42 Å². The molecular weight excluding hydrogens is 296 g/mol. The molecule has 0 amide bonds. The Morgan fingerprint density at radius 3 is 2.96 bits per heavy atom. The van der Waals surface area contributed by atoms with Crippen LogP contribution in [-0.2, 0) is 4.74 Å². The molecule has 2 aromatic rings. The van der Waals surface area contributed by atoms with Crippen LogP contribution in [0.4, 0.5) is 0 Å². The number of fused-ring (bicyclic) bond motifs is 1. The van der Waals surface area contributed by atoms with Gasteiger partial charge in [0.15, 0.2) is 5.58 Å². The van der Waals surface area contributed by atoms with E-state index in [1.807, 2.05) is 18.2 Å². The highest BCUT2D eigenvalue weighted by Crippen LogP contribution is 2.35. The summed E-state index contributed by atoms with van der Waals surface area (Å²) in [4.78, 5) is 0. The Morgan fingerprint density at radius 1 is 1.22 bits per heavy atom. The summed E-state index contributed by atoms with van der Waals surface area (Å²) in [6.07, 6.45) is 3.28. The first-order valence-corrected chi connectivity index (χ1v) is 8.36. The largest absolute Gasteiger partial charge is 0.487 e. The summed E-state index contributed by atoms with van der Waals surface area (Å²) < 4.78 is 22.8. The Balaban J connectivity index is 1.51. The van der Waals surface area contributed by atoms with Crippen LogP contribution in [0.25, 0.3) is 11.0 Å². The van der Waals surface area contributed by atoms with E-state index in [0.717, 1.165) is 50.1 Å². The van der Waals surface area contributed by atoms with Crippen molar-refractivity contribution in [2.75, 3.05) is 32.9 Å². The normalized spacial score (nSPS) is 22.5. The van der Waals surface area contributed by atoms with Crippen LogP contribution in [0, 0.1) is 5.92 Å². The standard InChI is InChI=1S/C17H22N2O4/c1-2-14(22-13-6-9-20-11-13)16-15(3-1)23-19-17(16)21-10-12-4-7-18-8-5-12/h1-3,12-13,18H,4-11H2. The molecule has 2 aliphatic rings. The van der Waals surface area contributed by atoms with Gasteiger partial charge in [-0.15, -0.1) is 0 Å². The van der Waals surface area contributed by atoms with E-state index < -0.39 is 0 Å². The van der Waals surface area contributed by atoms with Gasteiger partial charge >= 0.3 is 0 Å². The highest BCUT2D eigenvalue weighted by Gasteiger charge is 2.22. The molecule has 0 saturated carbocycles. The first-order valence-electron chi connectivity index (χ1n) is 8.36. The molecular formula is C17H22N2O4. The predicted octanol–water partition coefficient (Wildman–Crippen LogP) is 2.37. The van der Waals surface area contributed by atoms with Crippen molar-refractivity contribution in [3.8, 4) is 11.6 Å². The summed E-state index contributed by atoms with van der Waals surface area (Å²) in [6.45, 7) is 4.17. The van der Waals surface area contributed by atoms with Crippen molar-refractivity contribution in [2.45, 2.75) is 25.4 Å². The monoisotopic (exact) mass is 318 g/mol. The molecule has 124 valence electrons. The minimum atomic E-state index is 0.0905. The smallest absolute Gasteiger partial charge is 0.265 e. The predicted molar refractivity (Wildman–Crippen MR) is 84.9 cm³/mol. The van der Waals surface area contributed by atoms with E-state index in [1.165, 1.54) is 0 Å². The second kappa shape index (κ2) is 6.76. The summed E-state index contributed by atoms with van der Waals surface area (Å²) >= 11 is 0. The maximum atomic E-state index is 6.06. The molecule has 1 atom stereocenters. The van der Waals surface area contributed by atoms with Crippen LogP contribution in [-0.4, -0.2) is 44.2 Å². The van der Waals surface area contributed by atoms with E-state index in [9.17, 15) is 0 Å². The third-order valence-electron chi connectivity index (χ3n) is 4.52. The molecule has 1 unspecified atom stereocenters. The minimum absolute atomic E-state index is 0.0905. The highest BCUT2D eigenvalue weighted by molar-refractivity contribution is 5.88. The van der Waals surface area contributed by atoms with E-state index in [4.69, 9.17) is 18.7 Å². The van der Waals surface area contributed by atoms with Crippen LogP contribution in [0.5, 0.6) is 11.6 Å². The van der Waals surface area contributed by atoms with Gasteiger partial charge in [0.25, 0.3) is 5.88 Å². The summed E-state index contributed by atoms with van der Waals surface area (Å²) in [5.41, 5.74) is 0.696. The van der Waals surface area contributed by atoms with Gasteiger partial charge < -0.3 is 24.1 Å². The number of nitrogens with one attached hydrogen (secondary N) is 1. The van der Waals surface area contributed by atoms with Crippen LogP contribution in [0.3, 0.4) is 0 Å². The van der Waals surface area contributed by atoms with Crippen molar-refractivity contribution in [3.05, 3.63) is 18.2 Å². The Morgan fingerprint density at radius 2 is 2.13 bits per heavy atom. The fraction of sp³-hybridized carbons (Fsp3) is 0.588. The van der Waals surface area contributed by atoms with Crippen molar-refractivity contribution in [1.29, 1.82) is 0 Å².